The SMILES string of the molecule is Cc1cc(NC(=O)[C@H](SCc2cccc(Cl)c2)c2ccccc2)no1. The van der Waals surface area contributed by atoms with Crippen molar-refractivity contribution in [2.24, 2.45) is 0 Å². The van der Waals surface area contributed by atoms with Crippen LogP contribution in [0.2, 0.25) is 5.02 Å². The summed E-state index contributed by atoms with van der Waals surface area (Å²) in [5, 5.41) is 6.97. The standard InChI is InChI=1S/C19H17ClN2O2S/c1-13-10-17(22-24-13)21-19(23)18(15-7-3-2-4-8-15)25-12-14-6-5-9-16(20)11-14/h2-11,18H,12H2,1H3,(H,21,22,23)/t18-/m1/s1. The smallest absolute Gasteiger partial charge is 0.243 e. The largest absolute Gasteiger partial charge is 0.360 e. The lowest BCUT2D eigenvalue weighted by atomic mass is 10.1. The van der Waals surface area contributed by atoms with Gasteiger partial charge < -0.3 is 9.84 Å². The molecule has 25 heavy (non-hydrogen) atoms. The number of amides is 1. The Balaban J connectivity index is 1.76. The first-order valence-corrected chi connectivity index (χ1v) is 9.19. The van der Waals surface area contributed by atoms with E-state index in [0.717, 1.165) is 11.1 Å². The van der Waals surface area contributed by atoms with E-state index in [1.165, 1.54) is 0 Å². The van der Waals surface area contributed by atoms with Crippen molar-refractivity contribution in [3.63, 3.8) is 0 Å². The molecular weight excluding hydrogens is 356 g/mol. The Morgan fingerprint density at radius 3 is 2.68 bits per heavy atom. The van der Waals surface area contributed by atoms with Crippen LogP contribution < -0.4 is 5.32 Å². The number of rotatable bonds is 6. The first-order chi connectivity index (χ1) is 12.1. The van der Waals surface area contributed by atoms with Gasteiger partial charge in [0.1, 0.15) is 11.0 Å². The molecule has 1 N–H and O–H groups in total. The van der Waals surface area contributed by atoms with Gasteiger partial charge in [-0.05, 0) is 30.2 Å². The average molecular weight is 373 g/mol. The van der Waals surface area contributed by atoms with Crippen molar-refractivity contribution in [2.45, 2.75) is 17.9 Å². The van der Waals surface area contributed by atoms with Crippen molar-refractivity contribution in [1.82, 2.24) is 5.16 Å². The predicted octanol–water partition coefficient (Wildman–Crippen LogP) is 5.25. The Kier molecular flexibility index (Phi) is 5.79. The molecule has 6 heteroatoms. The fourth-order valence-corrected chi connectivity index (χ4v) is 3.69. The van der Waals surface area contributed by atoms with Crippen molar-refractivity contribution < 1.29 is 9.32 Å². The lowest BCUT2D eigenvalue weighted by molar-refractivity contribution is -0.115. The Morgan fingerprint density at radius 2 is 2.00 bits per heavy atom. The highest BCUT2D eigenvalue weighted by Crippen LogP contribution is 2.33. The molecular formula is C19H17ClN2O2S. The summed E-state index contributed by atoms with van der Waals surface area (Å²) in [5.41, 5.74) is 2.01. The minimum atomic E-state index is -0.364. The number of hydrogen-bond donors (Lipinski definition) is 1. The Labute approximate surface area is 155 Å². The van der Waals surface area contributed by atoms with E-state index in [9.17, 15) is 4.79 Å². The zero-order valence-electron chi connectivity index (χ0n) is 13.6. The van der Waals surface area contributed by atoms with E-state index < -0.39 is 0 Å². The molecule has 0 saturated heterocycles. The van der Waals surface area contributed by atoms with Crippen LogP contribution in [-0.4, -0.2) is 11.1 Å². The molecule has 0 saturated carbocycles. The molecule has 1 heterocycles. The average Bonchev–Trinajstić information content (AvgIpc) is 3.01. The third kappa shape index (κ3) is 4.87. The van der Waals surface area contributed by atoms with Gasteiger partial charge in [-0.3, -0.25) is 4.79 Å². The van der Waals surface area contributed by atoms with Crippen LogP contribution in [-0.2, 0) is 10.5 Å². The zero-order chi connectivity index (χ0) is 17.6. The molecule has 0 unspecified atom stereocenters. The molecule has 2 aromatic carbocycles. The van der Waals surface area contributed by atoms with Gasteiger partial charge in [-0.25, -0.2) is 0 Å². The number of benzene rings is 2. The fourth-order valence-electron chi connectivity index (χ4n) is 2.37. The molecule has 0 aliphatic rings. The molecule has 0 aliphatic heterocycles. The summed E-state index contributed by atoms with van der Waals surface area (Å²) in [4.78, 5) is 12.8. The Hall–Kier alpha value is -2.24. The van der Waals surface area contributed by atoms with Gasteiger partial charge in [0.25, 0.3) is 0 Å². The van der Waals surface area contributed by atoms with Crippen molar-refractivity contribution in [3.8, 4) is 0 Å². The number of nitrogens with zero attached hydrogens (tertiary/aromatic N) is 1. The van der Waals surface area contributed by atoms with Gasteiger partial charge in [-0.2, -0.15) is 0 Å². The summed E-state index contributed by atoms with van der Waals surface area (Å²) < 4.78 is 5.01. The van der Waals surface area contributed by atoms with E-state index in [4.69, 9.17) is 16.1 Å². The highest BCUT2D eigenvalue weighted by molar-refractivity contribution is 7.99. The maximum absolute atomic E-state index is 12.8. The highest BCUT2D eigenvalue weighted by Gasteiger charge is 2.22. The quantitative estimate of drug-likeness (QED) is 0.642. The topological polar surface area (TPSA) is 55.1 Å². The van der Waals surface area contributed by atoms with Gasteiger partial charge in [0, 0.05) is 16.8 Å². The summed E-state index contributed by atoms with van der Waals surface area (Å²) in [6.07, 6.45) is 0. The zero-order valence-corrected chi connectivity index (χ0v) is 15.2. The molecule has 0 fully saturated rings. The van der Waals surface area contributed by atoms with Gasteiger partial charge >= 0.3 is 0 Å². The molecule has 4 nitrogen and oxygen atoms in total. The number of aryl methyl sites for hydroxylation is 1. The summed E-state index contributed by atoms with van der Waals surface area (Å²) in [7, 11) is 0. The maximum atomic E-state index is 12.8. The van der Waals surface area contributed by atoms with Gasteiger partial charge in [0.15, 0.2) is 5.82 Å². The van der Waals surface area contributed by atoms with Crippen molar-refractivity contribution in [2.75, 3.05) is 5.32 Å². The van der Waals surface area contributed by atoms with Crippen molar-refractivity contribution in [1.29, 1.82) is 0 Å². The highest BCUT2D eigenvalue weighted by atomic mass is 35.5. The van der Waals surface area contributed by atoms with E-state index >= 15 is 0 Å². The molecule has 128 valence electrons. The van der Waals surface area contributed by atoms with Crippen LogP contribution in [0.3, 0.4) is 0 Å². The second-order valence-corrected chi connectivity index (χ2v) is 7.07. The van der Waals surface area contributed by atoms with Gasteiger partial charge in [-0.1, -0.05) is 59.2 Å². The number of hydrogen-bond acceptors (Lipinski definition) is 4. The first kappa shape index (κ1) is 17.6. The number of halogens is 1. The number of aromatic nitrogens is 1. The van der Waals surface area contributed by atoms with Gasteiger partial charge in [0.2, 0.25) is 5.91 Å². The van der Waals surface area contributed by atoms with Gasteiger partial charge in [0.05, 0.1) is 0 Å². The second kappa shape index (κ2) is 8.23. The molecule has 0 radical (unpaired) electrons. The van der Waals surface area contributed by atoms with Crippen molar-refractivity contribution in [3.05, 3.63) is 82.6 Å². The van der Waals surface area contributed by atoms with Crippen LogP contribution in [0.15, 0.2) is 65.2 Å². The Morgan fingerprint density at radius 1 is 1.20 bits per heavy atom. The summed E-state index contributed by atoms with van der Waals surface area (Å²) in [6.45, 7) is 1.78. The normalized spacial score (nSPS) is 11.9. The molecule has 1 aromatic heterocycles. The minimum absolute atomic E-state index is 0.133. The molecule has 3 aromatic rings. The molecule has 1 amide bonds. The lowest BCUT2D eigenvalue weighted by Crippen LogP contribution is -2.19. The van der Waals surface area contributed by atoms with Crippen LogP contribution in [0.5, 0.6) is 0 Å². The summed E-state index contributed by atoms with van der Waals surface area (Å²) >= 11 is 7.58. The van der Waals surface area contributed by atoms with Gasteiger partial charge in [-0.15, -0.1) is 11.8 Å². The molecule has 0 spiro atoms. The lowest BCUT2D eigenvalue weighted by Gasteiger charge is -2.16. The van der Waals surface area contributed by atoms with Crippen LogP contribution in [0.25, 0.3) is 0 Å². The first-order valence-electron chi connectivity index (χ1n) is 7.77. The van der Waals surface area contributed by atoms with E-state index in [-0.39, 0.29) is 11.2 Å². The van der Waals surface area contributed by atoms with Crippen molar-refractivity contribution >= 4 is 35.1 Å². The molecule has 3 rings (SSSR count). The molecule has 0 bridgehead atoms. The van der Waals surface area contributed by atoms with Crippen LogP contribution in [0.4, 0.5) is 5.82 Å². The summed E-state index contributed by atoms with van der Waals surface area (Å²) in [5.74, 6) is 1.61. The minimum Gasteiger partial charge on any atom is -0.360 e. The Bertz CT molecular complexity index is 851. The fraction of sp³-hybridized carbons (Fsp3) is 0.158. The number of nitrogens with one attached hydrogen (secondary N) is 1. The molecule has 0 aliphatic carbocycles. The summed E-state index contributed by atoms with van der Waals surface area (Å²) in [6, 6.07) is 19.0. The third-order valence-corrected chi connectivity index (χ3v) is 5.08. The van der Waals surface area contributed by atoms with E-state index in [1.807, 2.05) is 54.6 Å². The second-order valence-electron chi connectivity index (χ2n) is 5.54. The number of carbonyl (C=O) groups excluding carboxylic acids is 1. The van der Waals surface area contributed by atoms with E-state index in [2.05, 4.69) is 10.5 Å². The van der Waals surface area contributed by atoms with E-state index in [1.54, 1.807) is 24.8 Å². The third-order valence-electron chi connectivity index (χ3n) is 3.53. The number of anilines is 1. The van der Waals surface area contributed by atoms with Crippen LogP contribution >= 0.6 is 23.4 Å². The van der Waals surface area contributed by atoms with E-state index in [0.29, 0.717) is 22.4 Å². The monoisotopic (exact) mass is 372 g/mol. The molecule has 1 atom stereocenters. The van der Waals surface area contributed by atoms with Crippen LogP contribution in [0, 0.1) is 6.92 Å². The number of carbonyl (C=O) groups is 1. The predicted molar refractivity (Wildman–Crippen MR) is 102 cm³/mol. The number of thioether (sulfide) groups is 1. The van der Waals surface area contributed by atoms with Crippen LogP contribution in [0.1, 0.15) is 22.1 Å². The maximum Gasteiger partial charge on any atom is 0.243 e.